The van der Waals surface area contributed by atoms with Gasteiger partial charge in [0, 0.05) is 18.9 Å². The summed E-state index contributed by atoms with van der Waals surface area (Å²) in [5.74, 6) is 0.104. The molecule has 1 amide bonds. The number of nitrogens with one attached hydrogen (secondary N) is 1. The number of carbonyl (C=O) groups excluding carboxylic acids is 1. The Kier molecular flexibility index (Phi) is 5.10. The van der Waals surface area contributed by atoms with Crippen LogP contribution in [0.25, 0.3) is 0 Å². The van der Waals surface area contributed by atoms with E-state index >= 15 is 0 Å². The predicted octanol–water partition coefficient (Wildman–Crippen LogP) is 1.38. The second-order valence-electron chi connectivity index (χ2n) is 4.43. The van der Waals surface area contributed by atoms with E-state index in [0.717, 1.165) is 17.5 Å². The Morgan fingerprint density at radius 1 is 1.59 bits per heavy atom. The van der Waals surface area contributed by atoms with E-state index in [1.807, 2.05) is 26.8 Å². The van der Waals surface area contributed by atoms with Crippen LogP contribution in [0.4, 0.5) is 0 Å². The Morgan fingerprint density at radius 3 is 2.88 bits per heavy atom. The Bertz CT molecular complexity index is 379. The highest BCUT2D eigenvalue weighted by Gasteiger charge is 2.18. The molecule has 0 radical (unpaired) electrons. The van der Waals surface area contributed by atoms with Crippen LogP contribution in [0.2, 0.25) is 0 Å². The van der Waals surface area contributed by atoms with Crippen LogP contribution in [-0.4, -0.2) is 16.9 Å². The van der Waals surface area contributed by atoms with Gasteiger partial charge in [-0.15, -0.1) is 0 Å². The maximum absolute atomic E-state index is 11.8. The first-order valence-corrected chi connectivity index (χ1v) is 5.99. The lowest BCUT2D eigenvalue weighted by atomic mass is 9.99. The molecule has 0 aromatic carbocycles. The van der Waals surface area contributed by atoms with Crippen LogP contribution in [0.3, 0.4) is 0 Å². The first-order valence-electron chi connectivity index (χ1n) is 5.99. The van der Waals surface area contributed by atoms with E-state index in [1.165, 1.54) is 0 Å². The zero-order valence-corrected chi connectivity index (χ0v) is 10.7. The van der Waals surface area contributed by atoms with Crippen molar-refractivity contribution in [1.29, 1.82) is 0 Å². The van der Waals surface area contributed by atoms with Gasteiger partial charge >= 0.3 is 0 Å². The molecule has 0 fully saturated rings. The molecule has 4 nitrogen and oxygen atoms in total. The molecule has 1 aromatic heterocycles. The number of aryl methyl sites for hydroxylation is 1. The van der Waals surface area contributed by atoms with Crippen LogP contribution < -0.4 is 11.1 Å². The summed E-state index contributed by atoms with van der Waals surface area (Å²) >= 11 is 0. The van der Waals surface area contributed by atoms with Crippen molar-refractivity contribution in [2.24, 2.45) is 11.7 Å². The third-order valence-corrected chi connectivity index (χ3v) is 3.16. The van der Waals surface area contributed by atoms with Crippen molar-refractivity contribution in [3.63, 3.8) is 0 Å². The number of nitrogens with two attached hydrogens (primary N) is 1. The molecule has 94 valence electrons. The number of hydrogen-bond donors (Lipinski definition) is 2. The van der Waals surface area contributed by atoms with E-state index in [0.29, 0.717) is 6.54 Å². The molecule has 1 heterocycles. The number of nitrogens with zero attached hydrogens (tertiary/aromatic N) is 1. The van der Waals surface area contributed by atoms with Crippen LogP contribution in [0.15, 0.2) is 18.5 Å². The van der Waals surface area contributed by atoms with Crippen LogP contribution in [0.1, 0.15) is 31.4 Å². The minimum absolute atomic E-state index is 0.0948. The van der Waals surface area contributed by atoms with Crippen LogP contribution in [0, 0.1) is 12.8 Å². The SMILES string of the molecule is CC[C@H](C)[C@H](N)C(=O)NCc1cnccc1C. The third-order valence-electron chi connectivity index (χ3n) is 3.16. The fourth-order valence-corrected chi connectivity index (χ4v) is 1.49. The van der Waals surface area contributed by atoms with Crippen molar-refractivity contribution in [2.45, 2.75) is 39.8 Å². The highest BCUT2D eigenvalue weighted by molar-refractivity contribution is 5.81. The molecule has 0 saturated carbocycles. The fourth-order valence-electron chi connectivity index (χ4n) is 1.49. The molecule has 0 unspecified atom stereocenters. The molecule has 0 aliphatic heterocycles. The maximum Gasteiger partial charge on any atom is 0.237 e. The lowest BCUT2D eigenvalue weighted by molar-refractivity contribution is -0.123. The highest BCUT2D eigenvalue weighted by Crippen LogP contribution is 2.07. The second-order valence-corrected chi connectivity index (χ2v) is 4.43. The largest absolute Gasteiger partial charge is 0.351 e. The molecule has 17 heavy (non-hydrogen) atoms. The molecule has 1 aromatic rings. The van der Waals surface area contributed by atoms with Gasteiger partial charge in [0.2, 0.25) is 5.91 Å². The van der Waals surface area contributed by atoms with Gasteiger partial charge in [-0.1, -0.05) is 20.3 Å². The van der Waals surface area contributed by atoms with Crippen molar-refractivity contribution in [3.8, 4) is 0 Å². The third kappa shape index (κ3) is 3.82. The van der Waals surface area contributed by atoms with Gasteiger partial charge in [0.25, 0.3) is 0 Å². The highest BCUT2D eigenvalue weighted by atomic mass is 16.2. The predicted molar refractivity (Wildman–Crippen MR) is 68.3 cm³/mol. The van der Waals surface area contributed by atoms with E-state index in [1.54, 1.807) is 12.4 Å². The first kappa shape index (κ1) is 13.6. The number of aromatic nitrogens is 1. The number of hydrogen-bond acceptors (Lipinski definition) is 3. The van der Waals surface area contributed by atoms with E-state index in [9.17, 15) is 4.79 Å². The first-order chi connectivity index (χ1) is 8.06. The molecule has 0 bridgehead atoms. The lowest BCUT2D eigenvalue weighted by Crippen LogP contribution is -2.44. The molecular weight excluding hydrogens is 214 g/mol. The molecule has 0 aliphatic rings. The zero-order chi connectivity index (χ0) is 12.8. The van der Waals surface area contributed by atoms with Gasteiger partial charge in [0.15, 0.2) is 0 Å². The van der Waals surface area contributed by atoms with E-state index in [2.05, 4.69) is 10.3 Å². The Morgan fingerprint density at radius 2 is 2.29 bits per heavy atom. The standard InChI is InChI=1S/C13H21N3O/c1-4-9(2)12(14)13(17)16-8-11-7-15-6-5-10(11)3/h5-7,9,12H,4,8,14H2,1-3H3,(H,16,17)/t9-,12-/m0/s1. The van der Waals surface area contributed by atoms with Crippen molar-refractivity contribution in [1.82, 2.24) is 10.3 Å². The van der Waals surface area contributed by atoms with Crippen molar-refractivity contribution in [3.05, 3.63) is 29.6 Å². The average molecular weight is 235 g/mol. The molecule has 3 N–H and O–H groups in total. The Hall–Kier alpha value is -1.42. The normalized spacial score (nSPS) is 14.1. The summed E-state index contributed by atoms with van der Waals surface area (Å²) in [7, 11) is 0. The van der Waals surface area contributed by atoms with Crippen molar-refractivity contribution < 1.29 is 4.79 Å². The Balaban J connectivity index is 2.51. The second kappa shape index (κ2) is 6.35. The van der Waals surface area contributed by atoms with Crippen LogP contribution >= 0.6 is 0 Å². The van der Waals surface area contributed by atoms with Gasteiger partial charge in [-0.3, -0.25) is 9.78 Å². The monoisotopic (exact) mass is 235 g/mol. The summed E-state index contributed by atoms with van der Waals surface area (Å²) in [6.07, 6.45) is 4.41. The summed E-state index contributed by atoms with van der Waals surface area (Å²) in [6, 6.07) is 1.49. The lowest BCUT2D eigenvalue weighted by Gasteiger charge is -2.18. The quantitative estimate of drug-likeness (QED) is 0.810. The topological polar surface area (TPSA) is 68.0 Å². The summed E-state index contributed by atoms with van der Waals surface area (Å²) in [6.45, 7) is 6.50. The average Bonchev–Trinajstić information content (AvgIpc) is 2.35. The molecule has 0 saturated heterocycles. The van der Waals surface area contributed by atoms with Gasteiger partial charge in [-0.2, -0.15) is 0 Å². The van der Waals surface area contributed by atoms with E-state index < -0.39 is 6.04 Å². The summed E-state index contributed by atoms with van der Waals surface area (Å²) < 4.78 is 0. The van der Waals surface area contributed by atoms with Crippen LogP contribution in [0.5, 0.6) is 0 Å². The van der Waals surface area contributed by atoms with E-state index in [4.69, 9.17) is 5.73 Å². The fraction of sp³-hybridized carbons (Fsp3) is 0.538. The molecule has 4 heteroatoms. The molecule has 0 aliphatic carbocycles. The maximum atomic E-state index is 11.8. The summed E-state index contributed by atoms with van der Waals surface area (Å²) in [5.41, 5.74) is 7.99. The van der Waals surface area contributed by atoms with E-state index in [-0.39, 0.29) is 11.8 Å². The molecule has 1 rings (SSSR count). The minimum atomic E-state index is -0.433. The van der Waals surface area contributed by atoms with Gasteiger partial charge in [-0.05, 0) is 30.0 Å². The van der Waals surface area contributed by atoms with Crippen molar-refractivity contribution in [2.75, 3.05) is 0 Å². The van der Waals surface area contributed by atoms with Gasteiger partial charge in [0.1, 0.15) is 0 Å². The van der Waals surface area contributed by atoms with Gasteiger partial charge in [-0.25, -0.2) is 0 Å². The minimum Gasteiger partial charge on any atom is -0.351 e. The summed E-state index contributed by atoms with van der Waals surface area (Å²) in [5, 5.41) is 2.85. The van der Waals surface area contributed by atoms with Crippen LogP contribution in [-0.2, 0) is 11.3 Å². The number of amides is 1. The Labute approximate surface area is 103 Å². The summed E-state index contributed by atoms with van der Waals surface area (Å²) in [4.78, 5) is 15.8. The van der Waals surface area contributed by atoms with Gasteiger partial charge in [0.05, 0.1) is 6.04 Å². The number of rotatable bonds is 5. The van der Waals surface area contributed by atoms with Gasteiger partial charge < -0.3 is 11.1 Å². The number of carbonyl (C=O) groups is 1. The molecule has 2 atom stereocenters. The number of pyridine rings is 1. The molecule has 0 spiro atoms. The zero-order valence-electron chi connectivity index (χ0n) is 10.7. The molecular formula is C13H21N3O. The smallest absolute Gasteiger partial charge is 0.237 e. The van der Waals surface area contributed by atoms with Crippen molar-refractivity contribution >= 4 is 5.91 Å².